The minimum Gasteiger partial charge on any atom is -0.484 e. The first kappa shape index (κ1) is 23.7. The Balaban J connectivity index is 1.85. The van der Waals surface area contributed by atoms with Crippen molar-refractivity contribution < 1.29 is 14.3 Å². The molecule has 2 N–H and O–H groups in total. The van der Waals surface area contributed by atoms with Crippen LogP contribution >= 0.6 is 0 Å². The predicted molar refractivity (Wildman–Crippen MR) is 122 cm³/mol. The van der Waals surface area contributed by atoms with Crippen molar-refractivity contribution >= 4 is 17.8 Å². The van der Waals surface area contributed by atoms with Crippen molar-refractivity contribution in [2.24, 2.45) is 4.99 Å². The summed E-state index contributed by atoms with van der Waals surface area (Å²) in [6.07, 6.45) is 0. The molecule has 0 radical (unpaired) electrons. The van der Waals surface area contributed by atoms with Gasteiger partial charge in [0.1, 0.15) is 5.75 Å². The molecular weight excluding hydrogens is 394 g/mol. The van der Waals surface area contributed by atoms with Gasteiger partial charge in [0, 0.05) is 53.9 Å². The van der Waals surface area contributed by atoms with Gasteiger partial charge in [-0.2, -0.15) is 0 Å². The van der Waals surface area contributed by atoms with E-state index in [2.05, 4.69) is 15.6 Å². The molecule has 0 aromatic heterocycles. The lowest BCUT2D eigenvalue weighted by Crippen LogP contribution is -2.36. The van der Waals surface area contributed by atoms with Crippen molar-refractivity contribution in [2.45, 2.75) is 13.1 Å². The summed E-state index contributed by atoms with van der Waals surface area (Å²) in [6.45, 7) is 1.13. The minimum atomic E-state index is -0.0905. The van der Waals surface area contributed by atoms with Gasteiger partial charge in [0.15, 0.2) is 12.6 Å². The average Bonchev–Trinajstić information content (AvgIpc) is 2.77. The van der Waals surface area contributed by atoms with Gasteiger partial charge in [0.05, 0.1) is 0 Å². The molecule has 2 aromatic rings. The Morgan fingerprint density at radius 1 is 0.903 bits per heavy atom. The average molecular weight is 426 g/mol. The fourth-order valence-corrected chi connectivity index (χ4v) is 2.63. The number of nitrogens with zero attached hydrogens (tertiary/aromatic N) is 3. The first-order chi connectivity index (χ1) is 14.8. The van der Waals surface area contributed by atoms with Crippen molar-refractivity contribution in [3.8, 4) is 5.75 Å². The first-order valence-corrected chi connectivity index (χ1v) is 9.97. The Bertz CT molecular complexity index is 908. The van der Waals surface area contributed by atoms with Crippen LogP contribution in [0.15, 0.2) is 53.5 Å². The van der Waals surface area contributed by atoms with Gasteiger partial charge in [-0.25, -0.2) is 0 Å². The molecule has 0 aliphatic heterocycles. The largest absolute Gasteiger partial charge is 0.484 e. The molecule has 31 heavy (non-hydrogen) atoms. The van der Waals surface area contributed by atoms with Crippen LogP contribution < -0.4 is 15.4 Å². The third kappa shape index (κ3) is 7.65. The van der Waals surface area contributed by atoms with E-state index in [0.29, 0.717) is 30.4 Å². The lowest BCUT2D eigenvalue weighted by atomic mass is 10.1. The van der Waals surface area contributed by atoms with E-state index in [4.69, 9.17) is 4.74 Å². The fourth-order valence-electron chi connectivity index (χ4n) is 2.63. The van der Waals surface area contributed by atoms with Gasteiger partial charge in [-0.1, -0.05) is 24.3 Å². The van der Waals surface area contributed by atoms with Crippen LogP contribution in [0.5, 0.6) is 5.75 Å². The van der Waals surface area contributed by atoms with Crippen LogP contribution in [0.25, 0.3) is 0 Å². The number of ether oxygens (including phenoxy) is 1. The van der Waals surface area contributed by atoms with Crippen molar-refractivity contribution in [2.75, 3.05) is 41.8 Å². The van der Waals surface area contributed by atoms with Crippen molar-refractivity contribution in [1.82, 2.24) is 20.4 Å². The summed E-state index contributed by atoms with van der Waals surface area (Å²) in [4.78, 5) is 30.9. The molecule has 0 aliphatic carbocycles. The SMILES string of the molecule is CN=C(NCc1ccc(C(=O)N(C)C)cc1)NCc1cccc(OCC(=O)N(C)C)c1. The van der Waals surface area contributed by atoms with Gasteiger partial charge in [-0.15, -0.1) is 0 Å². The van der Waals surface area contributed by atoms with E-state index >= 15 is 0 Å². The molecule has 2 aromatic carbocycles. The normalized spacial score (nSPS) is 10.9. The number of hydrogen-bond acceptors (Lipinski definition) is 4. The Morgan fingerprint density at radius 3 is 2.13 bits per heavy atom. The van der Waals surface area contributed by atoms with Gasteiger partial charge in [-0.05, 0) is 35.4 Å². The maximum Gasteiger partial charge on any atom is 0.259 e. The molecule has 2 rings (SSSR count). The van der Waals surface area contributed by atoms with E-state index in [1.807, 2.05) is 48.5 Å². The van der Waals surface area contributed by atoms with Crippen LogP contribution in [-0.4, -0.2) is 69.4 Å². The van der Waals surface area contributed by atoms with E-state index in [1.165, 1.54) is 4.90 Å². The molecule has 0 fully saturated rings. The maximum absolute atomic E-state index is 12.0. The molecule has 0 saturated heterocycles. The fraction of sp³-hybridized carbons (Fsp3) is 0.348. The molecule has 0 heterocycles. The lowest BCUT2D eigenvalue weighted by Gasteiger charge is -2.14. The van der Waals surface area contributed by atoms with Gasteiger partial charge in [0.25, 0.3) is 11.8 Å². The molecular formula is C23H31N5O3. The minimum absolute atomic E-state index is 0.00599. The number of hydrogen-bond donors (Lipinski definition) is 2. The maximum atomic E-state index is 12.0. The second-order valence-corrected chi connectivity index (χ2v) is 7.40. The Labute approximate surface area is 183 Å². The lowest BCUT2D eigenvalue weighted by molar-refractivity contribution is -0.130. The molecule has 2 amide bonds. The number of aliphatic imine (C=N–C) groups is 1. The van der Waals surface area contributed by atoms with Crippen molar-refractivity contribution in [3.63, 3.8) is 0 Å². The van der Waals surface area contributed by atoms with Crippen molar-refractivity contribution in [1.29, 1.82) is 0 Å². The number of benzene rings is 2. The van der Waals surface area contributed by atoms with E-state index in [9.17, 15) is 9.59 Å². The number of nitrogens with one attached hydrogen (secondary N) is 2. The monoisotopic (exact) mass is 425 g/mol. The quantitative estimate of drug-likeness (QED) is 0.497. The van der Waals surface area contributed by atoms with Crippen LogP contribution in [-0.2, 0) is 17.9 Å². The second kappa shape index (κ2) is 11.6. The summed E-state index contributed by atoms with van der Waals surface area (Å²) in [7, 11) is 8.57. The molecule has 0 atom stereocenters. The number of guanidine groups is 1. The smallest absolute Gasteiger partial charge is 0.259 e. The van der Waals surface area contributed by atoms with Gasteiger partial charge >= 0.3 is 0 Å². The highest BCUT2D eigenvalue weighted by atomic mass is 16.5. The first-order valence-electron chi connectivity index (χ1n) is 9.97. The van der Waals surface area contributed by atoms with Crippen LogP contribution in [0.1, 0.15) is 21.5 Å². The van der Waals surface area contributed by atoms with E-state index in [-0.39, 0.29) is 18.4 Å². The standard InChI is InChI=1S/C23H31N5O3/c1-24-23(25-14-17-9-11-19(12-10-17)22(30)28(4)5)26-15-18-7-6-8-20(13-18)31-16-21(29)27(2)3/h6-13H,14-16H2,1-5H3,(H2,24,25,26). The van der Waals surface area contributed by atoms with E-state index in [0.717, 1.165) is 11.1 Å². The van der Waals surface area contributed by atoms with Crippen LogP contribution in [0.2, 0.25) is 0 Å². The molecule has 8 nitrogen and oxygen atoms in total. The molecule has 166 valence electrons. The molecule has 0 aliphatic rings. The summed E-state index contributed by atoms with van der Waals surface area (Å²) >= 11 is 0. The molecule has 0 saturated carbocycles. The summed E-state index contributed by atoms with van der Waals surface area (Å²) in [5, 5.41) is 6.51. The van der Waals surface area contributed by atoms with E-state index in [1.54, 1.807) is 40.1 Å². The van der Waals surface area contributed by atoms with Gasteiger partial charge in [-0.3, -0.25) is 14.6 Å². The van der Waals surface area contributed by atoms with Crippen LogP contribution in [0.3, 0.4) is 0 Å². The third-order valence-corrected chi connectivity index (χ3v) is 4.51. The highest BCUT2D eigenvalue weighted by molar-refractivity contribution is 5.93. The number of rotatable bonds is 8. The summed E-state index contributed by atoms with van der Waals surface area (Å²) in [5.74, 6) is 1.19. The Hall–Kier alpha value is -3.55. The Kier molecular flexibility index (Phi) is 8.87. The van der Waals surface area contributed by atoms with E-state index < -0.39 is 0 Å². The molecule has 0 bridgehead atoms. The zero-order valence-electron chi connectivity index (χ0n) is 18.8. The zero-order valence-corrected chi connectivity index (χ0v) is 18.8. The second-order valence-electron chi connectivity index (χ2n) is 7.40. The predicted octanol–water partition coefficient (Wildman–Crippen LogP) is 1.72. The summed E-state index contributed by atoms with van der Waals surface area (Å²) in [6, 6.07) is 15.1. The number of likely N-dealkylation sites (N-methyl/N-ethyl adjacent to an activating group) is 1. The van der Waals surface area contributed by atoms with Gasteiger partial charge < -0.3 is 25.2 Å². The molecule has 8 heteroatoms. The number of amides is 2. The van der Waals surface area contributed by atoms with Crippen molar-refractivity contribution in [3.05, 3.63) is 65.2 Å². The highest BCUT2D eigenvalue weighted by Gasteiger charge is 2.08. The molecule has 0 unspecified atom stereocenters. The van der Waals surface area contributed by atoms with Gasteiger partial charge in [0.2, 0.25) is 0 Å². The zero-order chi connectivity index (χ0) is 22.8. The number of carbonyl (C=O) groups is 2. The third-order valence-electron chi connectivity index (χ3n) is 4.51. The topological polar surface area (TPSA) is 86.3 Å². The summed E-state index contributed by atoms with van der Waals surface area (Å²) in [5.41, 5.74) is 2.70. The van der Waals surface area contributed by atoms with Crippen LogP contribution in [0, 0.1) is 0 Å². The number of carbonyl (C=O) groups excluding carboxylic acids is 2. The summed E-state index contributed by atoms with van der Waals surface area (Å²) < 4.78 is 5.56. The van der Waals surface area contributed by atoms with Crippen LogP contribution in [0.4, 0.5) is 0 Å². The molecule has 0 spiro atoms. The highest BCUT2D eigenvalue weighted by Crippen LogP contribution is 2.13. The Morgan fingerprint density at radius 2 is 1.55 bits per heavy atom.